The zero-order chi connectivity index (χ0) is 8.39. The van der Waals surface area contributed by atoms with Crippen molar-refractivity contribution in [2.24, 2.45) is 0 Å². The molecule has 1 atom stereocenters. The zero-order valence-corrected chi connectivity index (χ0v) is 7.38. The second kappa shape index (κ2) is 3.29. The van der Waals surface area contributed by atoms with E-state index in [0.29, 0.717) is 6.04 Å². The van der Waals surface area contributed by atoms with Crippen LogP contribution < -0.4 is 5.32 Å². The normalized spacial score (nSPS) is 25.9. The molecule has 2 N–H and O–H groups in total. The molecule has 66 valence electrons. The molecule has 0 spiro atoms. The van der Waals surface area contributed by atoms with E-state index in [1.807, 2.05) is 6.20 Å². The lowest BCUT2D eigenvalue weighted by Crippen LogP contribution is -2.43. The van der Waals surface area contributed by atoms with Crippen LogP contribution in [0.1, 0.15) is 11.6 Å². The summed E-state index contributed by atoms with van der Waals surface area (Å²) in [4.78, 5) is 5.48. The summed E-state index contributed by atoms with van der Waals surface area (Å²) in [5.74, 6) is 0. The molecule has 2 heterocycles. The van der Waals surface area contributed by atoms with E-state index in [2.05, 4.69) is 34.5 Å². The number of aromatic amines is 1. The first kappa shape index (κ1) is 7.83. The van der Waals surface area contributed by atoms with Gasteiger partial charge in [-0.2, -0.15) is 0 Å². The zero-order valence-electron chi connectivity index (χ0n) is 7.38. The number of nitrogens with one attached hydrogen (secondary N) is 2. The fourth-order valence-corrected chi connectivity index (χ4v) is 1.72. The molecule has 1 aromatic heterocycles. The molecule has 2 rings (SSSR count). The van der Waals surface area contributed by atoms with Crippen LogP contribution in [-0.2, 0) is 0 Å². The molecule has 3 heteroatoms. The lowest BCUT2D eigenvalue weighted by molar-refractivity contribution is 0.202. The first-order valence-corrected chi connectivity index (χ1v) is 4.41. The summed E-state index contributed by atoms with van der Waals surface area (Å²) in [6.07, 6.45) is 4.06. The van der Waals surface area contributed by atoms with E-state index in [4.69, 9.17) is 0 Å². The smallest absolute Gasteiger partial charge is 0.0485 e. The minimum atomic E-state index is 0.546. The van der Waals surface area contributed by atoms with E-state index in [0.717, 1.165) is 19.6 Å². The summed E-state index contributed by atoms with van der Waals surface area (Å²) in [7, 11) is 2.18. The fourth-order valence-electron chi connectivity index (χ4n) is 1.72. The standard InChI is InChI=1S/C9H15N3/c1-12-5-4-11-7-9(12)8-2-3-10-6-8/h2-3,6,9-11H,4-5,7H2,1H3. The predicted octanol–water partition coefficient (Wildman–Crippen LogP) is 0.591. The minimum absolute atomic E-state index is 0.546. The van der Waals surface area contributed by atoms with Gasteiger partial charge < -0.3 is 10.3 Å². The monoisotopic (exact) mass is 165 g/mol. The van der Waals surface area contributed by atoms with Crippen LogP contribution in [0.2, 0.25) is 0 Å². The van der Waals surface area contributed by atoms with E-state index in [9.17, 15) is 0 Å². The largest absolute Gasteiger partial charge is 0.367 e. The minimum Gasteiger partial charge on any atom is -0.367 e. The number of likely N-dealkylation sites (N-methyl/N-ethyl adjacent to an activating group) is 1. The summed E-state index contributed by atoms with van der Waals surface area (Å²) in [6.45, 7) is 3.31. The first-order chi connectivity index (χ1) is 5.88. The number of H-pyrrole nitrogens is 1. The van der Waals surface area contributed by atoms with E-state index >= 15 is 0 Å². The van der Waals surface area contributed by atoms with Crippen molar-refractivity contribution < 1.29 is 0 Å². The lowest BCUT2D eigenvalue weighted by atomic mass is 10.1. The molecule has 0 aliphatic carbocycles. The molecular formula is C9H15N3. The Kier molecular flexibility index (Phi) is 2.15. The van der Waals surface area contributed by atoms with Gasteiger partial charge in [-0.3, -0.25) is 4.90 Å². The number of rotatable bonds is 1. The summed E-state index contributed by atoms with van der Waals surface area (Å²) < 4.78 is 0. The average Bonchev–Trinajstić information content (AvgIpc) is 2.57. The third kappa shape index (κ3) is 1.38. The highest BCUT2D eigenvalue weighted by Gasteiger charge is 2.19. The van der Waals surface area contributed by atoms with Crippen molar-refractivity contribution in [2.45, 2.75) is 6.04 Å². The molecule has 1 aliphatic rings. The Morgan fingerprint density at radius 3 is 3.17 bits per heavy atom. The number of aromatic nitrogens is 1. The van der Waals surface area contributed by atoms with Gasteiger partial charge in [0.05, 0.1) is 0 Å². The molecule has 1 aromatic rings. The van der Waals surface area contributed by atoms with Crippen molar-refractivity contribution in [1.82, 2.24) is 15.2 Å². The molecule has 1 unspecified atom stereocenters. The third-order valence-corrected chi connectivity index (χ3v) is 2.52. The Hall–Kier alpha value is -0.800. The second-order valence-corrected chi connectivity index (χ2v) is 3.34. The van der Waals surface area contributed by atoms with Crippen LogP contribution in [-0.4, -0.2) is 36.6 Å². The van der Waals surface area contributed by atoms with E-state index in [1.54, 1.807) is 0 Å². The first-order valence-electron chi connectivity index (χ1n) is 4.41. The van der Waals surface area contributed by atoms with Crippen molar-refractivity contribution in [3.05, 3.63) is 24.0 Å². The summed E-state index contributed by atoms with van der Waals surface area (Å²) in [5, 5.41) is 3.40. The second-order valence-electron chi connectivity index (χ2n) is 3.34. The van der Waals surface area contributed by atoms with E-state index in [-0.39, 0.29) is 0 Å². The van der Waals surface area contributed by atoms with Crippen LogP contribution in [0.15, 0.2) is 18.5 Å². The quantitative estimate of drug-likeness (QED) is 0.638. The van der Waals surface area contributed by atoms with Gasteiger partial charge in [0, 0.05) is 38.1 Å². The van der Waals surface area contributed by atoms with Gasteiger partial charge in [0.2, 0.25) is 0 Å². The molecule has 0 bridgehead atoms. The van der Waals surface area contributed by atoms with Crippen LogP contribution >= 0.6 is 0 Å². The molecule has 0 radical (unpaired) electrons. The number of nitrogens with zero attached hydrogens (tertiary/aromatic N) is 1. The molecule has 12 heavy (non-hydrogen) atoms. The SMILES string of the molecule is CN1CCNCC1c1cc[nH]c1. The molecule has 0 amide bonds. The maximum Gasteiger partial charge on any atom is 0.0485 e. The highest BCUT2D eigenvalue weighted by molar-refractivity contribution is 5.15. The van der Waals surface area contributed by atoms with Gasteiger partial charge in [0.1, 0.15) is 0 Å². The molecule has 1 saturated heterocycles. The van der Waals surface area contributed by atoms with Gasteiger partial charge in [-0.1, -0.05) is 0 Å². The van der Waals surface area contributed by atoms with Crippen LogP contribution in [0.4, 0.5) is 0 Å². The van der Waals surface area contributed by atoms with Crippen molar-refractivity contribution in [2.75, 3.05) is 26.7 Å². The Balaban J connectivity index is 2.11. The van der Waals surface area contributed by atoms with Crippen molar-refractivity contribution in [1.29, 1.82) is 0 Å². The molecule has 1 fully saturated rings. The fraction of sp³-hybridized carbons (Fsp3) is 0.556. The van der Waals surface area contributed by atoms with Crippen molar-refractivity contribution >= 4 is 0 Å². The number of hydrogen-bond donors (Lipinski definition) is 2. The maximum absolute atomic E-state index is 3.40. The Bertz CT molecular complexity index is 230. The Morgan fingerprint density at radius 1 is 1.58 bits per heavy atom. The van der Waals surface area contributed by atoms with E-state index < -0.39 is 0 Å². The van der Waals surface area contributed by atoms with Crippen molar-refractivity contribution in [3.63, 3.8) is 0 Å². The van der Waals surface area contributed by atoms with Gasteiger partial charge in [-0.15, -0.1) is 0 Å². The topological polar surface area (TPSA) is 31.1 Å². The predicted molar refractivity (Wildman–Crippen MR) is 49.0 cm³/mol. The van der Waals surface area contributed by atoms with Gasteiger partial charge >= 0.3 is 0 Å². The summed E-state index contributed by atoms with van der Waals surface area (Å²) >= 11 is 0. The third-order valence-electron chi connectivity index (χ3n) is 2.52. The van der Waals surface area contributed by atoms with E-state index in [1.165, 1.54) is 5.56 Å². The highest BCUT2D eigenvalue weighted by Crippen LogP contribution is 2.19. The molecule has 3 nitrogen and oxygen atoms in total. The van der Waals surface area contributed by atoms with Gasteiger partial charge in [-0.05, 0) is 18.7 Å². The average molecular weight is 165 g/mol. The van der Waals surface area contributed by atoms with Gasteiger partial charge in [-0.25, -0.2) is 0 Å². The number of hydrogen-bond acceptors (Lipinski definition) is 2. The van der Waals surface area contributed by atoms with Crippen LogP contribution in [0.3, 0.4) is 0 Å². The maximum atomic E-state index is 3.40. The van der Waals surface area contributed by atoms with Crippen LogP contribution in [0, 0.1) is 0 Å². The highest BCUT2D eigenvalue weighted by atomic mass is 15.2. The van der Waals surface area contributed by atoms with Crippen LogP contribution in [0.25, 0.3) is 0 Å². The lowest BCUT2D eigenvalue weighted by Gasteiger charge is -2.32. The van der Waals surface area contributed by atoms with Gasteiger partial charge in [0.25, 0.3) is 0 Å². The van der Waals surface area contributed by atoms with Crippen LogP contribution in [0.5, 0.6) is 0 Å². The Labute approximate surface area is 72.8 Å². The molecule has 0 saturated carbocycles. The molecule has 1 aliphatic heterocycles. The molecule has 0 aromatic carbocycles. The Morgan fingerprint density at radius 2 is 2.50 bits per heavy atom. The summed E-state index contributed by atoms with van der Waals surface area (Å²) in [5.41, 5.74) is 1.38. The molecular weight excluding hydrogens is 150 g/mol. The van der Waals surface area contributed by atoms with Gasteiger partial charge in [0.15, 0.2) is 0 Å². The number of piperazine rings is 1. The summed E-state index contributed by atoms with van der Waals surface area (Å²) in [6, 6.07) is 2.69. The van der Waals surface area contributed by atoms with Crippen molar-refractivity contribution in [3.8, 4) is 0 Å².